The normalized spacial score (nSPS) is 22.7. The molecule has 0 saturated carbocycles. The molecule has 1 atom stereocenters. The van der Waals surface area contributed by atoms with E-state index in [1.165, 1.54) is 11.5 Å². The Morgan fingerprint density at radius 1 is 1.57 bits per heavy atom. The lowest BCUT2D eigenvalue weighted by Gasteiger charge is -2.33. The van der Waals surface area contributed by atoms with Gasteiger partial charge in [-0.3, -0.25) is 0 Å². The van der Waals surface area contributed by atoms with Crippen LogP contribution >= 0.6 is 39.0 Å². The van der Waals surface area contributed by atoms with E-state index in [0.29, 0.717) is 6.04 Å². The van der Waals surface area contributed by atoms with Gasteiger partial charge in [-0.05, 0) is 6.92 Å². The fourth-order valence-electron chi connectivity index (χ4n) is 1.44. The van der Waals surface area contributed by atoms with Gasteiger partial charge in [-0.25, -0.2) is 0 Å². The molecule has 6 heteroatoms. The van der Waals surface area contributed by atoms with Crippen LogP contribution in [-0.2, 0) is 0 Å². The third-order valence-electron chi connectivity index (χ3n) is 2.17. The van der Waals surface area contributed by atoms with Crippen LogP contribution in [0.15, 0.2) is 0 Å². The van der Waals surface area contributed by atoms with Crippen molar-refractivity contribution >= 4 is 44.2 Å². The summed E-state index contributed by atoms with van der Waals surface area (Å²) >= 11 is 7.26. The Morgan fingerprint density at radius 2 is 2.43 bits per heavy atom. The molecule has 2 rings (SSSR count). The lowest BCUT2D eigenvalue weighted by atomic mass is 10.3. The number of halogens is 1. The molecule has 0 amide bonds. The van der Waals surface area contributed by atoms with Crippen molar-refractivity contribution in [2.45, 2.75) is 13.0 Å². The zero-order valence-electron chi connectivity index (χ0n) is 7.94. The minimum atomic E-state index is 0.570. The molecule has 1 aliphatic rings. The molecule has 2 heterocycles. The summed E-state index contributed by atoms with van der Waals surface area (Å²) in [5, 5.41) is 11.4. The summed E-state index contributed by atoms with van der Waals surface area (Å²) in [6, 6.07) is 0.570. The molecular formula is C8H12BrN3S2. The van der Waals surface area contributed by atoms with Crippen molar-refractivity contribution in [1.82, 2.24) is 10.2 Å². The maximum Gasteiger partial charge on any atom is 0.208 e. The summed E-state index contributed by atoms with van der Waals surface area (Å²) in [6.07, 6.45) is 0. The van der Waals surface area contributed by atoms with Crippen molar-refractivity contribution < 1.29 is 0 Å². The molecule has 0 spiro atoms. The van der Waals surface area contributed by atoms with Gasteiger partial charge >= 0.3 is 0 Å². The predicted octanol–water partition coefficient (Wildman–Crippen LogP) is 2.16. The second-order valence-corrected chi connectivity index (χ2v) is 6.14. The lowest BCUT2D eigenvalue weighted by Crippen LogP contribution is -2.43. The van der Waals surface area contributed by atoms with Crippen LogP contribution in [0.5, 0.6) is 0 Å². The van der Waals surface area contributed by atoms with Gasteiger partial charge in [0.25, 0.3) is 0 Å². The summed E-state index contributed by atoms with van der Waals surface area (Å²) in [7, 11) is 0. The van der Waals surface area contributed by atoms with Gasteiger partial charge in [0.1, 0.15) is 5.01 Å². The van der Waals surface area contributed by atoms with E-state index in [4.69, 9.17) is 0 Å². The zero-order valence-corrected chi connectivity index (χ0v) is 11.2. The molecule has 1 aromatic heterocycles. The molecule has 0 aliphatic carbocycles. The molecule has 14 heavy (non-hydrogen) atoms. The molecule has 1 unspecified atom stereocenters. The molecule has 3 nitrogen and oxygen atoms in total. The molecule has 0 N–H and O–H groups in total. The van der Waals surface area contributed by atoms with E-state index in [0.717, 1.165) is 22.0 Å². The zero-order chi connectivity index (χ0) is 9.97. The molecule has 0 radical (unpaired) electrons. The van der Waals surface area contributed by atoms with Crippen LogP contribution in [0.25, 0.3) is 0 Å². The van der Waals surface area contributed by atoms with Crippen molar-refractivity contribution in [2.75, 3.05) is 28.3 Å². The van der Waals surface area contributed by atoms with Crippen LogP contribution in [0.3, 0.4) is 0 Å². The lowest BCUT2D eigenvalue weighted by molar-refractivity contribution is 0.703. The highest BCUT2D eigenvalue weighted by Crippen LogP contribution is 2.27. The number of aromatic nitrogens is 2. The van der Waals surface area contributed by atoms with Gasteiger partial charge in [-0.2, -0.15) is 11.8 Å². The fraction of sp³-hybridized carbons (Fsp3) is 0.750. The molecule has 78 valence electrons. The van der Waals surface area contributed by atoms with Gasteiger partial charge in [-0.1, -0.05) is 27.3 Å². The van der Waals surface area contributed by atoms with Crippen LogP contribution in [0.1, 0.15) is 5.01 Å². The maximum absolute atomic E-state index is 4.20. The maximum atomic E-state index is 4.20. The number of aryl methyl sites for hydroxylation is 1. The van der Waals surface area contributed by atoms with Crippen molar-refractivity contribution in [2.24, 2.45) is 0 Å². The van der Waals surface area contributed by atoms with Gasteiger partial charge in [0.2, 0.25) is 5.13 Å². The Kier molecular flexibility index (Phi) is 3.67. The van der Waals surface area contributed by atoms with Gasteiger partial charge in [0.15, 0.2) is 0 Å². The number of rotatable bonds is 2. The number of anilines is 1. The molecule has 0 bridgehead atoms. The van der Waals surface area contributed by atoms with E-state index in [1.807, 2.05) is 18.7 Å². The first kappa shape index (κ1) is 10.7. The summed E-state index contributed by atoms with van der Waals surface area (Å²) in [4.78, 5) is 2.37. The van der Waals surface area contributed by atoms with E-state index in [9.17, 15) is 0 Å². The van der Waals surface area contributed by atoms with E-state index in [2.05, 4.69) is 31.0 Å². The van der Waals surface area contributed by atoms with Gasteiger partial charge in [0, 0.05) is 29.4 Å². The quantitative estimate of drug-likeness (QED) is 0.782. The first-order valence-corrected chi connectivity index (χ1v) is 7.61. The average Bonchev–Trinajstić information content (AvgIpc) is 2.65. The average molecular weight is 294 g/mol. The van der Waals surface area contributed by atoms with Gasteiger partial charge < -0.3 is 4.90 Å². The Bertz CT molecular complexity index is 305. The van der Waals surface area contributed by atoms with Gasteiger partial charge in [0.05, 0.1) is 0 Å². The van der Waals surface area contributed by atoms with E-state index in [-0.39, 0.29) is 0 Å². The van der Waals surface area contributed by atoms with Gasteiger partial charge in [-0.15, -0.1) is 10.2 Å². The fourth-order valence-corrected chi connectivity index (χ4v) is 4.17. The van der Waals surface area contributed by atoms with Crippen LogP contribution in [0.4, 0.5) is 5.13 Å². The van der Waals surface area contributed by atoms with E-state index < -0.39 is 0 Å². The van der Waals surface area contributed by atoms with Crippen molar-refractivity contribution in [1.29, 1.82) is 0 Å². The third-order valence-corrected chi connectivity index (χ3v) is 4.88. The van der Waals surface area contributed by atoms with E-state index in [1.54, 1.807) is 11.3 Å². The van der Waals surface area contributed by atoms with Crippen LogP contribution < -0.4 is 4.90 Å². The molecule has 1 aliphatic heterocycles. The summed E-state index contributed by atoms with van der Waals surface area (Å²) < 4.78 is 0. The standard InChI is InChI=1S/C8H12BrN3S2/c1-6-10-11-8(14-6)12-2-3-13-5-7(12)4-9/h7H,2-5H2,1H3. The second-order valence-electron chi connectivity index (χ2n) is 3.18. The molecule has 0 aromatic carbocycles. The highest BCUT2D eigenvalue weighted by molar-refractivity contribution is 9.09. The van der Waals surface area contributed by atoms with Crippen molar-refractivity contribution in [3.8, 4) is 0 Å². The van der Waals surface area contributed by atoms with Crippen LogP contribution in [-0.4, -0.2) is 39.6 Å². The largest absolute Gasteiger partial charge is 0.341 e. The Morgan fingerprint density at radius 3 is 3.07 bits per heavy atom. The second kappa shape index (κ2) is 4.81. The topological polar surface area (TPSA) is 29.0 Å². The number of hydrogen-bond acceptors (Lipinski definition) is 5. The molecule has 1 aromatic rings. The molecular weight excluding hydrogens is 282 g/mol. The Hall–Kier alpha value is 0.190. The highest BCUT2D eigenvalue weighted by Gasteiger charge is 2.24. The Labute approximate surface area is 100 Å². The number of hydrogen-bond donors (Lipinski definition) is 0. The summed E-state index contributed by atoms with van der Waals surface area (Å²) in [5.74, 6) is 2.38. The minimum absolute atomic E-state index is 0.570. The Balaban J connectivity index is 2.14. The van der Waals surface area contributed by atoms with Crippen molar-refractivity contribution in [3.05, 3.63) is 5.01 Å². The third kappa shape index (κ3) is 2.23. The van der Waals surface area contributed by atoms with Crippen LogP contribution in [0.2, 0.25) is 0 Å². The monoisotopic (exact) mass is 293 g/mol. The summed E-state index contributed by atoms with van der Waals surface area (Å²) in [5.41, 5.74) is 0. The number of nitrogens with zero attached hydrogens (tertiary/aromatic N) is 3. The number of thioether (sulfide) groups is 1. The van der Waals surface area contributed by atoms with Crippen LogP contribution in [0, 0.1) is 6.92 Å². The first-order valence-electron chi connectivity index (χ1n) is 4.51. The molecule has 1 saturated heterocycles. The number of alkyl halides is 1. The SMILES string of the molecule is Cc1nnc(N2CCSCC2CBr)s1. The minimum Gasteiger partial charge on any atom is -0.341 e. The summed E-state index contributed by atoms with van der Waals surface area (Å²) in [6.45, 7) is 3.10. The predicted molar refractivity (Wildman–Crippen MR) is 66.9 cm³/mol. The van der Waals surface area contributed by atoms with E-state index >= 15 is 0 Å². The smallest absolute Gasteiger partial charge is 0.208 e. The highest BCUT2D eigenvalue weighted by atomic mass is 79.9. The molecule has 1 fully saturated rings. The van der Waals surface area contributed by atoms with Crippen molar-refractivity contribution in [3.63, 3.8) is 0 Å². The first-order chi connectivity index (χ1) is 6.81.